The highest BCUT2D eigenvalue weighted by Crippen LogP contribution is 2.24. The Kier molecular flexibility index (Phi) is 8.63. The lowest BCUT2D eigenvalue weighted by Crippen LogP contribution is -2.38. The second kappa shape index (κ2) is 11.9. The first-order valence-electron chi connectivity index (χ1n) is 10.5. The van der Waals surface area contributed by atoms with Gasteiger partial charge in [-0.25, -0.2) is 0 Å². The van der Waals surface area contributed by atoms with E-state index in [0.29, 0.717) is 18.3 Å². The van der Waals surface area contributed by atoms with Crippen LogP contribution >= 0.6 is 0 Å². The fraction of sp³-hybridized carbons (Fsp3) is 0.333. The van der Waals surface area contributed by atoms with Crippen LogP contribution in [0.3, 0.4) is 0 Å². The number of hydrogen-bond acceptors (Lipinski definition) is 7. The van der Waals surface area contributed by atoms with E-state index in [4.69, 9.17) is 9.47 Å². The third-order valence-corrected chi connectivity index (χ3v) is 4.79. The van der Waals surface area contributed by atoms with E-state index in [1.54, 1.807) is 12.4 Å². The Morgan fingerprint density at radius 1 is 1.29 bits per heavy atom. The third-order valence-electron chi connectivity index (χ3n) is 4.79. The summed E-state index contributed by atoms with van der Waals surface area (Å²) >= 11 is 0. The Bertz CT molecular complexity index is 907. The number of anilines is 2. The summed E-state index contributed by atoms with van der Waals surface area (Å²) in [4.78, 5) is 8.80. The molecule has 0 spiro atoms. The van der Waals surface area contributed by atoms with Gasteiger partial charge < -0.3 is 14.4 Å². The van der Waals surface area contributed by atoms with Crippen molar-refractivity contribution in [2.75, 3.05) is 49.8 Å². The van der Waals surface area contributed by atoms with Crippen LogP contribution in [0.25, 0.3) is 0 Å². The van der Waals surface area contributed by atoms with Crippen LogP contribution in [0.4, 0.5) is 11.5 Å². The van der Waals surface area contributed by atoms with Gasteiger partial charge in [-0.1, -0.05) is 42.5 Å². The van der Waals surface area contributed by atoms with E-state index in [9.17, 15) is 0 Å². The van der Waals surface area contributed by atoms with E-state index < -0.39 is 0 Å². The smallest absolute Gasteiger partial charge is 0.217 e. The predicted molar refractivity (Wildman–Crippen MR) is 127 cm³/mol. The molecule has 0 aliphatic carbocycles. The van der Waals surface area contributed by atoms with E-state index in [-0.39, 0.29) is 0 Å². The van der Waals surface area contributed by atoms with Gasteiger partial charge in [-0.2, -0.15) is 10.1 Å². The van der Waals surface area contributed by atoms with E-state index in [0.717, 1.165) is 44.1 Å². The minimum Gasteiger partial charge on any atom is -0.476 e. The molecular weight excluding hydrogens is 390 g/mol. The molecule has 0 radical (unpaired) electrons. The number of benzene rings is 1. The number of morpholine rings is 1. The number of rotatable bonds is 10. The molecule has 2 aromatic rings. The highest BCUT2D eigenvalue weighted by Gasteiger charge is 2.11. The maximum Gasteiger partial charge on any atom is 0.217 e. The molecule has 1 N–H and O–H groups in total. The molecule has 164 valence electrons. The van der Waals surface area contributed by atoms with Gasteiger partial charge in [0.25, 0.3) is 0 Å². The summed E-state index contributed by atoms with van der Waals surface area (Å²) in [5.74, 6) is 1.13. The van der Waals surface area contributed by atoms with Crippen LogP contribution in [0.5, 0.6) is 5.88 Å². The molecule has 1 aliphatic rings. The Labute approximate surface area is 184 Å². The molecule has 1 aromatic carbocycles. The molecule has 2 heterocycles. The minimum absolute atomic E-state index is 0.537. The SMILES string of the molecule is C=CN(/C=C\C)c1cc(N/N=C/c2cccc(C)c2)nc(OCCN2CCOCC2)c1. The van der Waals surface area contributed by atoms with Crippen molar-refractivity contribution >= 4 is 17.7 Å². The van der Waals surface area contributed by atoms with Gasteiger partial charge in [-0.05, 0) is 19.4 Å². The second-order valence-corrected chi connectivity index (χ2v) is 7.21. The van der Waals surface area contributed by atoms with Crippen LogP contribution in [0.15, 0.2) is 66.6 Å². The number of nitrogens with zero attached hydrogens (tertiary/aromatic N) is 4. The topological polar surface area (TPSA) is 62.2 Å². The van der Waals surface area contributed by atoms with Crippen molar-refractivity contribution in [2.24, 2.45) is 5.10 Å². The summed E-state index contributed by atoms with van der Waals surface area (Å²) < 4.78 is 11.4. The standard InChI is InChI=1S/C24H31N5O2/c1-4-9-29(5-2)22-17-23(27-25-19-21-8-6-7-20(3)16-21)26-24(18-22)31-15-12-28-10-13-30-14-11-28/h4-9,16-19H,2,10-15H2,1,3H3,(H,26,27)/b9-4-,25-19+. The third kappa shape index (κ3) is 7.24. The highest BCUT2D eigenvalue weighted by atomic mass is 16.5. The van der Waals surface area contributed by atoms with Crippen molar-refractivity contribution in [1.82, 2.24) is 9.88 Å². The zero-order valence-corrected chi connectivity index (χ0v) is 18.3. The molecule has 7 nitrogen and oxygen atoms in total. The Balaban J connectivity index is 1.71. The van der Waals surface area contributed by atoms with Crippen LogP contribution in [0.2, 0.25) is 0 Å². The average molecular weight is 422 g/mol. The maximum atomic E-state index is 5.97. The number of aryl methyl sites for hydroxylation is 1. The molecule has 31 heavy (non-hydrogen) atoms. The summed E-state index contributed by atoms with van der Waals surface area (Å²) in [7, 11) is 0. The van der Waals surface area contributed by atoms with Crippen LogP contribution in [-0.2, 0) is 4.74 Å². The predicted octanol–water partition coefficient (Wildman–Crippen LogP) is 4.03. The summed E-state index contributed by atoms with van der Waals surface area (Å²) in [6.07, 6.45) is 7.40. The number of nitrogens with one attached hydrogen (secondary N) is 1. The van der Waals surface area contributed by atoms with Crippen molar-refractivity contribution in [3.63, 3.8) is 0 Å². The Morgan fingerprint density at radius 2 is 2.13 bits per heavy atom. The molecule has 3 rings (SSSR count). The zero-order chi connectivity index (χ0) is 21.9. The van der Waals surface area contributed by atoms with Crippen LogP contribution < -0.4 is 15.1 Å². The first-order valence-corrected chi connectivity index (χ1v) is 10.5. The van der Waals surface area contributed by atoms with E-state index in [1.807, 2.05) is 48.4 Å². The number of hydrazone groups is 1. The molecule has 0 bridgehead atoms. The molecular formula is C24H31N5O2. The monoisotopic (exact) mass is 421 g/mol. The van der Waals surface area contributed by atoms with Gasteiger partial charge in [0.15, 0.2) is 5.82 Å². The van der Waals surface area contributed by atoms with E-state index in [2.05, 4.69) is 46.0 Å². The number of ether oxygens (including phenoxy) is 2. The molecule has 0 atom stereocenters. The van der Waals surface area contributed by atoms with Crippen LogP contribution in [0.1, 0.15) is 18.1 Å². The van der Waals surface area contributed by atoms with Gasteiger partial charge >= 0.3 is 0 Å². The first kappa shape index (κ1) is 22.5. The van der Waals surface area contributed by atoms with Crippen molar-refractivity contribution in [3.8, 4) is 5.88 Å². The molecule has 0 amide bonds. The fourth-order valence-corrected chi connectivity index (χ4v) is 3.21. The zero-order valence-electron chi connectivity index (χ0n) is 18.3. The minimum atomic E-state index is 0.537. The number of hydrogen-bond donors (Lipinski definition) is 1. The Morgan fingerprint density at radius 3 is 2.87 bits per heavy atom. The van der Waals surface area contributed by atoms with Crippen molar-refractivity contribution in [1.29, 1.82) is 0 Å². The van der Waals surface area contributed by atoms with Crippen LogP contribution in [0, 0.1) is 6.92 Å². The number of aromatic nitrogens is 1. The lowest BCUT2D eigenvalue weighted by molar-refractivity contribution is 0.0320. The molecule has 0 saturated carbocycles. The molecule has 1 aromatic heterocycles. The fourth-order valence-electron chi connectivity index (χ4n) is 3.21. The van der Waals surface area contributed by atoms with Gasteiger partial charge in [0.1, 0.15) is 6.61 Å². The van der Waals surface area contributed by atoms with Gasteiger partial charge in [0, 0.05) is 44.2 Å². The highest BCUT2D eigenvalue weighted by molar-refractivity contribution is 5.80. The largest absolute Gasteiger partial charge is 0.476 e. The molecule has 1 saturated heterocycles. The maximum absolute atomic E-state index is 5.97. The van der Waals surface area contributed by atoms with Crippen molar-refractivity contribution in [2.45, 2.75) is 13.8 Å². The summed E-state index contributed by atoms with van der Waals surface area (Å²) in [6, 6.07) is 11.9. The normalized spacial score (nSPS) is 14.8. The number of pyridine rings is 1. The van der Waals surface area contributed by atoms with Crippen molar-refractivity contribution in [3.05, 3.63) is 72.6 Å². The lowest BCUT2D eigenvalue weighted by atomic mass is 10.2. The van der Waals surface area contributed by atoms with Gasteiger partial charge in [0.2, 0.25) is 5.88 Å². The summed E-state index contributed by atoms with van der Waals surface area (Å²) in [5.41, 5.74) is 6.12. The van der Waals surface area contributed by atoms with Crippen molar-refractivity contribution < 1.29 is 9.47 Å². The molecule has 7 heteroatoms. The molecule has 1 fully saturated rings. The average Bonchev–Trinajstić information content (AvgIpc) is 2.78. The van der Waals surface area contributed by atoms with E-state index >= 15 is 0 Å². The van der Waals surface area contributed by atoms with E-state index in [1.165, 1.54) is 5.56 Å². The van der Waals surface area contributed by atoms with Crippen LogP contribution in [-0.4, -0.2) is 55.6 Å². The number of allylic oxidation sites excluding steroid dienone is 1. The molecule has 0 unspecified atom stereocenters. The quantitative estimate of drug-likeness (QED) is 0.462. The lowest BCUT2D eigenvalue weighted by Gasteiger charge is -2.26. The van der Waals surface area contributed by atoms with Gasteiger partial charge in [-0.3, -0.25) is 10.3 Å². The second-order valence-electron chi connectivity index (χ2n) is 7.21. The Hall–Kier alpha value is -3.16. The first-order chi connectivity index (χ1) is 15.2. The molecule has 1 aliphatic heterocycles. The summed E-state index contributed by atoms with van der Waals surface area (Å²) in [6.45, 7) is 12.7. The van der Waals surface area contributed by atoms with Gasteiger partial charge in [0.05, 0.1) is 25.1 Å². The summed E-state index contributed by atoms with van der Waals surface area (Å²) in [5, 5.41) is 4.34. The van der Waals surface area contributed by atoms with Gasteiger partial charge in [-0.15, -0.1) is 0 Å².